The van der Waals surface area contributed by atoms with Gasteiger partial charge in [-0.3, -0.25) is 4.79 Å². The first-order chi connectivity index (χ1) is 11.5. The van der Waals surface area contributed by atoms with Gasteiger partial charge in [-0.05, 0) is 37.3 Å². The summed E-state index contributed by atoms with van der Waals surface area (Å²) in [5, 5.41) is 8.78. The molecule has 0 atom stereocenters. The van der Waals surface area contributed by atoms with E-state index in [0.717, 1.165) is 0 Å². The van der Waals surface area contributed by atoms with Crippen LogP contribution in [0.1, 0.15) is 21.5 Å². The first kappa shape index (κ1) is 16.0. The molecule has 1 aliphatic rings. The van der Waals surface area contributed by atoms with Gasteiger partial charge in [0.1, 0.15) is 23.4 Å². The average Bonchev–Trinajstić information content (AvgIpc) is 2.88. The van der Waals surface area contributed by atoms with Crippen LogP contribution in [0, 0.1) is 24.1 Å². The minimum absolute atomic E-state index is 0.0162. The monoisotopic (exact) mass is 343 g/mol. The summed E-state index contributed by atoms with van der Waals surface area (Å²) in [6, 6.07) is 9.30. The van der Waals surface area contributed by atoms with Crippen molar-refractivity contribution in [1.82, 2.24) is 0 Å². The minimum Gasteiger partial charge on any atom is -0.478 e. The Kier molecular flexibility index (Phi) is 4.24. The summed E-state index contributed by atoms with van der Waals surface area (Å²) in [7, 11) is 0. The van der Waals surface area contributed by atoms with Crippen LogP contribution >= 0.6 is 11.6 Å². The molecule has 0 saturated heterocycles. The number of fused-ring (bicyclic) bond motifs is 1. The second kappa shape index (κ2) is 6.34. The number of nitriles is 1. The molecule has 120 valence electrons. The second-order valence-corrected chi connectivity index (χ2v) is 5.49. The maximum atomic E-state index is 13.9. The lowest BCUT2D eigenvalue weighted by Gasteiger charge is -2.08. The first-order valence-corrected chi connectivity index (χ1v) is 7.42. The summed E-state index contributed by atoms with van der Waals surface area (Å²) in [6.45, 7) is 1.61. The van der Waals surface area contributed by atoms with Crippen LogP contribution < -0.4 is 9.47 Å². The van der Waals surface area contributed by atoms with Gasteiger partial charge in [-0.25, -0.2) is 4.39 Å². The predicted octanol–water partition coefficient (Wildman–Crippen LogP) is 4.31. The van der Waals surface area contributed by atoms with Crippen LogP contribution in [0.15, 0.2) is 36.1 Å². The van der Waals surface area contributed by atoms with Crippen LogP contribution in [0.4, 0.5) is 4.39 Å². The zero-order chi connectivity index (χ0) is 17.3. The summed E-state index contributed by atoms with van der Waals surface area (Å²) < 4.78 is 24.8. The Morgan fingerprint density at radius 2 is 2.17 bits per heavy atom. The van der Waals surface area contributed by atoms with E-state index in [9.17, 15) is 9.18 Å². The molecule has 2 aromatic carbocycles. The fourth-order valence-corrected chi connectivity index (χ4v) is 2.63. The van der Waals surface area contributed by atoms with Crippen molar-refractivity contribution in [1.29, 1.82) is 5.26 Å². The molecular weight excluding hydrogens is 333 g/mol. The third-order valence-electron chi connectivity index (χ3n) is 3.60. The molecule has 0 bridgehead atoms. The number of ketones is 1. The van der Waals surface area contributed by atoms with Gasteiger partial charge in [-0.1, -0.05) is 17.7 Å². The van der Waals surface area contributed by atoms with E-state index in [-0.39, 0.29) is 28.7 Å². The van der Waals surface area contributed by atoms with Crippen molar-refractivity contribution in [3.8, 4) is 17.6 Å². The third kappa shape index (κ3) is 2.72. The van der Waals surface area contributed by atoms with Crippen LogP contribution in [-0.4, -0.2) is 12.4 Å². The molecule has 6 heteroatoms. The largest absolute Gasteiger partial charge is 0.478 e. The van der Waals surface area contributed by atoms with Crippen molar-refractivity contribution in [2.45, 2.75) is 6.92 Å². The molecule has 0 saturated carbocycles. The topological polar surface area (TPSA) is 59.3 Å². The SMILES string of the molecule is Cc1c(OCC#N)ccc2c1O/C(=C\c1c(F)cccc1Cl)C2=O. The molecule has 1 heterocycles. The molecule has 0 aliphatic carbocycles. The summed E-state index contributed by atoms with van der Waals surface area (Å²) in [4.78, 5) is 12.4. The highest BCUT2D eigenvalue weighted by molar-refractivity contribution is 6.32. The van der Waals surface area contributed by atoms with Gasteiger partial charge >= 0.3 is 0 Å². The average molecular weight is 344 g/mol. The molecule has 0 radical (unpaired) electrons. The van der Waals surface area contributed by atoms with Crippen molar-refractivity contribution in [3.63, 3.8) is 0 Å². The minimum atomic E-state index is -0.544. The molecule has 3 rings (SSSR count). The quantitative estimate of drug-likeness (QED) is 0.779. The van der Waals surface area contributed by atoms with Gasteiger partial charge in [0, 0.05) is 11.1 Å². The van der Waals surface area contributed by atoms with Gasteiger partial charge in [-0.15, -0.1) is 0 Å². The molecule has 2 aromatic rings. The Labute approximate surface area is 142 Å². The summed E-state index contributed by atoms with van der Waals surface area (Å²) in [5.74, 6) is -0.128. The Morgan fingerprint density at radius 3 is 2.88 bits per heavy atom. The van der Waals surface area contributed by atoms with Crippen molar-refractivity contribution < 1.29 is 18.7 Å². The highest BCUT2D eigenvalue weighted by Gasteiger charge is 2.30. The molecule has 0 aromatic heterocycles. The van der Waals surface area contributed by atoms with E-state index in [1.165, 1.54) is 24.3 Å². The molecular formula is C18H11ClFNO3. The third-order valence-corrected chi connectivity index (χ3v) is 3.93. The molecule has 0 amide bonds. The van der Waals surface area contributed by atoms with E-state index in [1.807, 2.05) is 6.07 Å². The van der Waals surface area contributed by atoms with Crippen molar-refractivity contribution in [3.05, 3.63) is 63.6 Å². The zero-order valence-electron chi connectivity index (χ0n) is 12.6. The van der Waals surface area contributed by atoms with E-state index in [0.29, 0.717) is 22.6 Å². The number of Topliss-reactive ketones (excluding diaryl/α,β-unsaturated/α-hetero) is 1. The molecule has 0 N–H and O–H groups in total. The van der Waals surface area contributed by atoms with Crippen LogP contribution in [0.3, 0.4) is 0 Å². The summed E-state index contributed by atoms with van der Waals surface area (Å²) in [5.41, 5.74) is 1.04. The van der Waals surface area contributed by atoms with Gasteiger partial charge in [0.2, 0.25) is 5.78 Å². The van der Waals surface area contributed by atoms with E-state index in [4.69, 9.17) is 26.3 Å². The Bertz CT molecular complexity index is 895. The van der Waals surface area contributed by atoms with E-state index >= 15 is 0 Å². The standard InChI is InChI=1S/C18H11ClFNO3/c1-10-15(23-8-7-21)6-5-11-17(22)16(24-18(10)11)9-12-13(19)3-2-4-14(12)20/h2-6,9H,8H2,1H3/b16-9-. The van der Waals surface area contributed by atoms with E-state index in [2.05, 4.69) is 0 Å². The summed E-state index contributed by atoms with van der Waals surface area (Å²) >= 11 is 5.98. The number of nitrogens with zero attached hydrogens (tertiary/aromatic N) is 1. The number of halogens is 2. The number of benzene rings is 2. The fourth-order valence-electron chi connectivity index (χ4n) is 2.41. The van der Waals surface area contributed by atoms with Crippen LogP contribution in [0.25, 0.3) is 6.08 Å². The zero-order valence-corrected chi connectivity index (χ0v) is 13.4. The van der Waals surface area contributed by atoms with Gasteiger partial charge in [0.25, 0.3) is 0 Å². The van der Waals surface area contributed by atoms with E-state index in [1.54, 1.807) is 19.1 Å². The first-order valence-electron chi connectivity index (χ1n) is 7.04. The number of carbonyl (C=O) groups is 1. The molecule has 4 nitrogen and oxygen atoms in total. The molecule has 1 aliphatic heterocycles. The smallest absolute Gasteiger partial charge is 0.231 e. The van der Waals surface area contributed by atoms with E-state index < -0.39 is 5.82 Å². The second-order valence-electron chi connectivity index (χ2n) is 5.09. The normalized spacial score (nSPS) is 14.2. The maximum absolute atomic E-state index is 13.9. The number of hydrogen-bond donors (Lipinski definition) is 0. The van der Waals surface area contributed by atoms with Gasteiger partial charge < -0.3 is 9.47 Å². The van der Waals surface area contributed by atoms with Crippen molar-refractivity contribution in [2.75, 3.05) is 6.61 Å². The molecule has 24 heavy (non-hydrogen) atoms. The van der Waals surface area contributed by atoms with Crippen molar-refractivity contribution >= 4 is 23.5 Å². The lowest BCUT2D eigenvalue weighted by atomic mass is 10.1. The summed E-state index contributed by atoms with van der Waals surface area (Å²) in [6.07, 6.45) is 1.29. The number of allylic oxidation sites excluding steroid dienone is 1. The number of rotatable bonds is 3. The molecule has 0 spiro atoms. The lowest BCUT2D eigenvalue weighted by Crippen LogP contribution is -1.99. The Balaban J connectivity index is 2.01. The Morgan fingerprint density at radius 1 is 1.38 bits per heavy atom. The predicted molar refractivity (Wildman–Crippen MR) is 86.6 cm³/mol. The maximum Gasteiger partial charge on any atom is 0.231 e. The van der Waals surface area contributed by atoms with Gasteiger partial charge in [0.15, 0.2) is 12.4 Å². The van der Waals surface area contributed by atoms with Gasteiger partial charge in [0.05, 0.1) is 10.6 Å². The number of ether oxygens (including phenoxy) is 2. The number of carbonyl (C=O) groups excluding carboxylic acids is 1. The fraction of sp³-hybridized carbons (Fsp3) is 0.111. The molecule has 0 unspecified atom stereocenters. The van der Waals surface area contributed by atoms with Crippen LogP contribution in [0.2, 0.25) is 5.02 Å². The highest BCUT2D eigenvalue weighted by atomic mass is 35.5. The van der Waals surface area contributed by atoms with Crippen molar-refractivity contribution in [2.24, 2.45) is 0 Å². The van der Waals surface area contributed by atoms with Crippen LogP contribution in [-0.2, 0) is 0 Å². The van der Waals surface area contributed by atoms with Gasteiger partial charge in [-0.2, -0.15) is 5.26 Å². The molecule has 0 fully saturated rings. The van der Waals surface area contributed by atoms with Crippen LogP contribution in [0.5, 0.6) is 11.5 Å². The highest BCUT2D eigenvalue weighted by Crippen LogP contribution is 2.39. The Hall–Kier alpha value is -2.84. The number of hydrogen-bond acceptors (Lipinski definition) is 4. The lowest BCUT2D eigenvalue weighted by molar-refractivity contribution is 0.101.